The summed E-state index contributed by atoms with van der Waals surface area (Å²) < 4.78 is 1.61. The molecule has 2 aliphatic rings. The standard InChI is InChI=1S/C22H18ClN5O3S/c23-14-10-8-13(9-11-14)12-32-22-25-21-24-16-5-3-7-18(29)19(16)20(27(21)26-22)15-4-1-2-6-17(15)28(30)31/h1-2,4,6,8-11,20H,3,5,7,12H2,(H,24,25,26)/t20-/m0/s1. The third-order valence-corrected chi connectivity index (χ3v) is 6.72. The van der Waals surface area contributed by atoms with Crippen molar-refractivity contribution in [1.82, 2.24) is 14.8 Å². The van der Waals surface area contributed by atoms with Crippen LogP contribution in [0.25, 0.3) is 0 Å². The Hall–Kier alpha value is -3.17. The highest BCUT2D eigenvalue weighted by Gasteiger charge is 2.39. The zero-order valence-electron chi connectivity index (χ0n) is 16.8. The number of para-hydroxylation sites is 1. The van der Waals surface area contributed by atoms with Crippen molar-refractivity contribution in [3.8, 4) is 0 Å². The van der Waals surface area contributed by atoms with Gasteiger partial charge in [-0.2, -0.15) is 4.98 Å². The van der Waals surface area contributed by atoms with Crippen molar-refractivity contribution in [1.29, 1.82) is 0 Å². The number of benzene rings is 2. The number of hydrogen-bond acceptors (Lipinski definition) is 7. The van der Waals surface area contributed by atoms with Gasteiger partial charge in [0.05, 0.1) is 10.5 Å². The fourth-order valence-electron chi connectivity index (χ4n) is 4.10. The fourth-order valence-corrected chi connectivity index (χ4v) is 5.01. The summed E-state index contributed by atoms with van der Waals surface area (Å²) >= 11 is 7.41. The molecule has 5 rings (SSSR count). The van der Waals surface area contributed by atoms with E-state index in [0.29, 0.717) is 45.9 Å². The maximum atomic E-state index is 12.9. The number of nitrogens with zero attached hydrogens (tertiary/aromatic N) is 4. The summed E-state index contributed by atoms with van der Waals surface area (Å²) in [4.78, 5) is 28.8. The number of hydrogen-bond donors (Lipinski definition) is 1. The average molecular weight is 468 g/mol. The molecule has 162 valence electrons. The highest BCUT2D eigenvalue weighted by Crippen LogP contribution is 2.43. The van der Waals surface area contributed by atoms with Crippen LogP contribution in [0.5, 0.6) is 0 Å². The SMILES string of the molecule is O=C1CCCC2=C1[C@H](c1ccccc1[N+](=O)[O-])n1nc(SCc3ccc(Cl)cc3)nc1N2. The van der Waals surface area contributed by atoms with Gasteiger partial charge in [-0.05, 0) is 36.6 Å². The second-order valence-corrected chi connectivity index (χ2v) is 8.97. The van der Waals surface area contributed by atoms with E-state index in [1.807, 2.05) is 24.3 Å². The molecule has 0 radical (unpaired) electrons. The topological polar surface area (TPSA) is 103 Å². The van der Waals surface area contributed by atoms with Crippen molar-refractivity contribution >= 4 is 40.8 Å². The minimum Gasteiger partial charge on any atom is -0.328 e. The van der Waals surface area contributed by atoms with Crippen LogP contribution in [0.2, 0.25) is 5.02 Å². The third-order valence-electron chi connectivity index (χ3n) is 5.56. The number of nitrogens with one attached hydrogen (secondary N) is 1. The van der Waals surface area contributed by atoms with Gasteiger partial charge in [0.25, 0.3) is 5.69 Å². The van der Waals surface area contributed by atoms with Gasteiger partial charge >= 0.3 is 0 Å². The molecule has 0 saturated carbocycles. The van der Waals surface area contributed by atoms with Crippen LogP contribution in [0.1, 0.15) is 36.4 Å². The molecule has 0 amide bonds. The number of anilines is 1. The Bertz CT molecular complexity index is 1250. The minimum atomic E-state index is -0.687. The van der Waals surface area contributed by atoms with E-state index >= 15 is 0 Å². The van der Waals surface area contributed by atoms with Crippen LogP contribution in [0.3, 0.4) is 0 Å². The predicted molar refractivity (Wildman–Crippen MR) is 122 cm³/mol. The molecule has 3 aromatic rings. The summed E-state index contributed by atoms with van der Waals surface area (Å²) in [5, 5.41) is 20.8. The van der Waals surface area contributed by atoms with Crippen LogP contribution in [0.4, 0.5) is 11.6 Å². The molecule has 1 atom stereocenters. The number of thioether (sulfide) groups is 1. The van der Waals surface area contributed by atoms with Gasteiger partial charge in [-0.1, -0.05) is 47.6 Å². The summed E-state index contributed by atoms with van der Waals surface area (Å²) in [6, 6.07) is 13.4. The molecule has 10 heteroatoms. The summed E-state index contributed by atoms with van der Waals surface area (Å²) in [7, 11) is 0. The third kappa shape index (κ3) is 3.78. The number of carbonyl (C=O) groups excluding carboxylic acids is 1. The van der Waals surface area contributed by atoms with Gasteiger partial charge in [0, 0.05) is 34.5 Å². The first-order valence-electron chi connectivity index (χ1n) is 10.1. The number of allylic oxidation sites excluding steroid dienone is 2. The molecule has 0 fully saturated rings. The maximum absolute atomic E-state index is 12.9. The van der Waals surface area contributed by atoms with Crippen molar-refractivity contribution in [2.24, 2.45) is 0 Å². The molecule has 0 spiro atoms. The van der Waals surface area contributed by atoms with Crippen molar-refractivity contribution in [2.75, 3.05) is 5.32 Å². The Morgan fingerprint density at radius 3 is 2.75 bits per heavy atom. The summed E-state index contributed by atoms with van der Waals surface area (Å²) in [6.45, 7) is 0. The number of Topliss-reactive ketones (excluding diaryl/α,β-unsaturated/α-hetero) is 1. The van der Waals surface area contributed by atoms with Gasteiger partial charge in [0.15, 0.2) is 5.78 Å². The van der Waals surface area contributed by atoms with Gasteiger partial charge in [0.1, 0.15) is 6.04 Å². The molecular weight excluding hydrogens is 450 g/mol. The van der Waals surface area contributed by atoms with Crippen LogP contribution in [-0.4, -0.2) is 25.5 Å². The lowest BCUT2D eigenvalue weighted by Gasteiger charge is -2.31. The molecule has 0 unspecified atom stereocenters. The fraction of sp³-hybridized carbons (Fsp3) is 0.227. The number of fused-ring (bicyclic) bond motifs is 1. The van der Waals surface area contributed by atoms with E-state index in [4.69, 9.17) is 11.6 Å². The largest absolute Gasteiger partial charge is 0.328 e. The zero-order chi connectivity index (χ0) is 22.2. The number of nitro groups is 1. The van der Waals surface area contributed by atoms with Gasteiger partial charge in [-0.25, -0.2) is 4.68 Å². The van der Waals surface area contributed by atoms with Gasteiger partial charge in [0.2, 0.25) is 11.1 Å². The van der Waals surface area contributed by atoms with Crippen molar-refractivity contribution in [3.05, 3.63) is 86.1 Å². The number of carbonyl (C=O) groups is 1. The van der Waals surface area contributed by atoms with Gasteiger partial charge in [-0.15, -0.1) is 5.10 Å². The summed E-state index contributed by atoms with van der Waals surface area (Å²) in [5.41, 5.74) is 2.78. The number of nitro benzene ring substituents is 1. The lowest BCUT2D eigenvalue weighted by Crippen LogP contribution is -2.31. The van der Waals surface area contributed by atoms with Crippen molar-refractivity contribution < 1.29 is 9.72 Å². The highest BCUT2D eigenvalue weighted by atomic mass is 35.5. The second kappa shape index (κ2) is 8.40. The van der Waals surface area contributed by atoms with Crippen LogP contribution in [-0.2, 0) is 10.5 Å². The molecular formula is C22H18ClN5O3S. The zero-order valence-corrected chi connectivity index (χ0v) is 18.4. The Balaban J connectivity index is 1.55. The van der Waals surface area contributed by atoms with Crippen molar-refractivity contribution in [3.63, 3.8) is 0 Å². The van der Waals surface area contributed by atoms with Crippen LogP contribution in [0, 0.1) is 10.1 Å². The molecule has 32 heavy (non-hydrogen) atoms. The lowest BCUT2D eigenvalue weighted by atomic mass is 9.85. The molecule has 2 aromatic carbocycles. The van der Waals surface area contributed by atoms with Gasteiger partial charge < -0.3 is 5.32 Å². The minimum absolute atomic E-state index is 0.0154. The molecule has 0 bridgehead atoms. The second-order valence-electron chi connectivity index (χ2n) is 7.59. The summed E-state index contributed by atoms with van der Waals surface area (Å²) in [6.07, 6.45) is 1.85. The molecule has 8 nitrogen and oxygen atoms in total. The molecule has 1 aromatic heterocycles. The quantitative estimate of drug-likeness (QED) is 0.314. The van der Waals surface area contributed by atoms with E-state index in [1.54, 1.807) is 22.9 Å². The maximum Gasteiger partial charge on any atom is 0.275 e. The van der Waals surface area contributed by atoms with Crippen LogP contribution < -0.4 is 5.32 Å². The van der Waals surface area contributed by atoms with E-state index in [-0.39, 0.29) is 11.5 Å². The number of halogens is 1. The van der Waals surface area contributed by atoms with E-state index in [2.05, 4.69) is 15.4 Å². The molecule has 0 saturated heterocycles. The average Bonchev–Trinajstić information content (AvgIpc) is 3.20. The molecule has 1 aliphatic heterocycles. The van der Waals surface area contributed by atoms with Crippen LogP contribution in [0.15, 0.2) is 65.0 Å². The van der Waals surface area contributed by atoms with Crippen molar-refractivity contribution in [2.45, 2.75) is 36.2 Å². The highest BCUT2D eigenvalue weighted by molar-refractivity contribution is 7.98. The molecule has 2 heterocycles. The molecule has 1 aliphatic carbocycles. The first kappa shape index (κ1) is 20.7. The first-order chi connectivity index (χ1) is 15.5. The normalized spacial score (nSPS) is 17.5. The number of ketones is 1. The summed E-state index contributed by atoms with van der Waals surface area (Å²) in [5.74, 6) is 1.11. The Morgan fingerprint density at radius 1 is 1.19 bits per heavy atom. The Kier molecular flexibility index (Phi) is 5.44. The first-order valence-corrected chi connectivity index (χ1v) is 11.5. The van der Waals surface area contributed by atoms with E-state index in [0.717, 1.165) is 17.7 Å². The Morgan fingerprint density at radius 2 is 1.97 bits per heavy atom. The molecule has 1 N–H and O–H groups in total. The monoisotopic (exact) mass is 467 g/mol. The Labute approximate surface area is 192 Å². The smallest absolute Gasteiger partial charge is 0.275 e. The van der Waals surface area contributed by atoms with E-state index in [9.17, 15) is 14.9 Å². The number of rotatable bonds is 5. The van der Waals surface area contributed by atoms with Crippen LogP contribution >= 0.6 is 23.4 Å². The van der Waals surface area contributed by atoms with E-state index in [1.165, 1.54) is 17.8 Å². The van der Waals surface area contributed by atoms with Gasteiger partial charge in [-0.3, -0.25) is 14.9 Å². The van der Waals surface area contributed by atoms with E-state index < -0.39 is 11.0 Å². The predicted octanol–water partition coefficient (Wildman–Crippen LogP) is 5.15. The number of aromatic nitrogens is 3. The lowest BCUT2D eigenvalue weighted by molar-refractivity contribution is -0.385.